The second-order valence-corrected chi connectivity index (χ2v) is 10.2. The third kappa shape index (κ3) is 6.61. The van der Waals surface area contributed by atoms with E-state index in [9.17, 15) is 18.0 Å². The molecule has 1 aromatic carbocycles. The monoisotopic (exact) mass is 505 g/mol. The van der Waals surface area contributed by atoms with Crippen LogP contribution in [-0.4, -0.2) is 73.5 Å². The highest BCUT2D eigenvalue weighted by molar-refractivity contribution is 7.91. The maximum atomic E-state index is 12.6. The Hall–Kier alpha value is -3.89. The van der Waals surface area contributed by atoms with Crippen LogP contribution in [0, 0.1) is 0 Å². The number of ketones is 1. The molecule has 0 radical (unpaired) electrons. The van der Waals surface area contributed by atoms with Gasteiger partial charge in [-0.2, -0.15) is 0 Å². The van der Waals surface area contributed by atoms with E-state index in [0.29, 0.717) is 35.7 Å². The average molecular weight is 506 g/mol. The summed E-state index contributed by atoms with van der Waals surface area (Å²) in [7, 11) is -3.49. The molecular weight excluding hydrogens is 478 g/mol. The molecule has 0 spiro atoms. The van der Waals surface area contributed by atoms with Crippen molar-refractivity contribution in [2.75, 3.05) is 43.8 Å². The van der Waals surface area contributed by atoms with Crippen molar-refractivity contribution in [1.82, 2.24) is 20.2 Å². The molecule has 1 amide bonds. The molecule has 186 valence electrons. The number of carbonyl (C=O) groups excluding carboxylic acids is 2. The first-order valence-electron chi connectivity index (χ1n) is 11.6. The van der Waals surface area contributed by atoms with Gasteiger partial charge in [-0.25, -0.2) is 18.4 Å². The molecule has 3 aromatic rings. The summed E-state index contributed by atoms with van der Waals surface area (Å²) in [5.41, 5.74) is 1.58. The maximum absolute atomic E-state index is 12.6. The number of rotatable bonds is 9. The molecule has 10 heteroatoms. The highest BCUT2D eigenvalue weighted by Gasteiger charge is 2.18. The molecule has 2 N–H and O–H groups in total. The van der Waals surface area contributed by atoms with E-state index in [1.807, 2.05) is 0 Å². The van der Waals surface area contributed by atoms with Crippen LogP contribution < -0.4 is 10.6 Å². The SMILES string of the molecule is O=C(C=Cc1cccc(NCCS(=O)(=O)c2ccccn2)n1)c1ccc(C(=O)N2CCNCC2)cc1. The summed E-state index contributed by atoms with van der Waals surface area (Å²) in [4.78, 5) is 35.3. The van der Waals surface area contributed by atoms with E-state index < -0.39 is 9.84 Å². The number of amides is 1. The summed E-state index contributed by atoms with van der Waals surface area (Å²) in [6, 6.07) is 16.6. The van der Waals surface area contributed by atoms with Crippen molar-refractivity contribution >= 4 is 33.4 Å². The van der Waals surface area contributed by atoms with Gasteiger partial charge in [0.1, 0.15) is 5.82 Å². The van der Waals surface area contributed by atoms with Gasteiger partial charge in [0.15, 0.2) is 20.6 Å². The molecule has 36 heavy (non-hydrogen) atoms. The van der Waals surface area contributed by atoms with Crippen LogP contribution >= 0.6 is 0 Å². The fourth-order valence-corrected chi connectivity index (χ4v) is 4.76. The number of nitrogens with one attached hydrogen (secondary N) is 2. The Morgan fingerprint density at radius 3 is 2.44 bits per heavy atom. The number of hydrogen-bond acceptors (Lipinski definition) is 8. The first-order valence-corrected chi connectivity index (χ1v) is 13.2. The van der Waals surface area contributed by atoms with Crippen LogP contribution in [0.25, 0.3) is 6.08 Å². The summed E-state index contributed by atoms with van der Waals surface area (Å²) in [6.45, 7) is 3.06. The molecule has 0 unspecified atom stereocenters. The third-order valence-corrected chi connectivity index (χ3v) is 7.25. The Bertz CT molecular complexity index is 1340. The molecule has 0 atom stereocenters. The molecule has 1 saturated heterocycles. The number of piperazine rings is 1. The minimum atomic E-state index is -3.49. The second kappa shape index (κ2) is 11.7. The van der Waals surface area contributed by atoms with Crippen molar-refractivity contribution in [2.24, 2.45) is 0 Å². The molecule has 0 aliphatic carbocycles. The fourth-order valence-electron chi connectivity index (χ4n) is 3.68. The van der Waals surface area contributed by atoms with E-state index in [2.05, 4.69) is 20.6 Å². The van der Waals surface area contributed by atoms with Gasteiger partial charge >= 0.3 is 0 Å². The van der Waals surface area contributed by atoms with E-state index in [0.717, 1.165) is 13.1 Å². The van der Waals surface area contributed by atoms with Crippen LogP contribution in [-0.2, 0) is 9.84 Å². The quantitative estimate of drug-likeness (QED) is 0.336. The van der Waals surface area contributed by atoms with Crippen molar-refractivity contribution in [3.63, 3.8) is 0 Å². The number of nitrogens with zero attached hydrogens (tertiary/aromatic N) is 3. The van der Waals surface area contributed by atoms with Crippen molar-refractivity contribution in [1.29, 1.82) is 0 Å². The Labute approximate surface area is 210 Å². The zero-order valence-corrected chi connectivity index (χ0v) is 20.4. The van der Waals surface area contributed by atoms with Gasteiger partial charge in [0.05, 0.1) is 11.4 Å². The zero-order valence-electron chi connectivity index (χ0n) is 19.6. The predicted molar refractivity (Wildman–Crippen MR) is 138 cm³/mol. The van der Waals surface area contributed by atoms with Crippen LogP contribution in [0.1, 0.15) is 26.4 Å². The molecule has 0 saturated carbocycles. The molecule has 9 nitrogen and oxygen atoms in total. The second-order valence-electron chi connectivity index (χ2n) is 8.18. The van der Waals surface area contributed by atoms with Crippen LogP contribution in [0.3, 0.4) is 0 Å². The topological polar surface area (TPSA) is 121 Å². The normalized spacial score (nSPS) is 14.1. The van der Waals surface area contributed by atoms with E-state index in [-0.39, 0.29) is 29.0 Å². The Morgan fingerprint density at radius 1 is 0.972 bits per heavy atom. The molecule has 1 aliphatic heterocycles. The van der Waals surface area contributed by atoms with E-state index >= 15 is 0 Å². The average Bonchev–Trinajstić information content (AvgIpc) is 2.92. The van der Waals surface area contributed by atoms with Gasteiger partial charge in [-0.15, -0.1) is 0 Å². The Kier molecular flexibility index (Phi) is 8.19. The molecule has 4 rings (SSSR count). The van der Waals surface area contributed by atoms with Crippen molar-refractivity contribution in [3.8, 4) is 0 Å². The zero-order chi connectivity index (χ0) is 25.4. The number of anilines is 1. The van der Waals surface area contributed by atoms with Crippen LogP contribution in [0.2, 0.25) is 0 Å². The number of aromatic nitrogens is 2. The highest BCUT2D eigenvalue weighted by atomic mass is 32.2. The minimum absolute atomic E-state index is 0.0348. The fraction of sp³-hybridized carbons (Fsp3) is 0.231. The summed E-state index contributed by atoms with van der Waals surface area (Å²) in [6.07, 6.45) is 4.46. The minimum Gasteiger partial charge on any atom is -0.369 e. The van der Waals surface area contributed by atoms with E-state index in [1.165, 1.54) is 18.3 Å². The largest absolute Gasteiger partial charge is 0.369 e. The molecule has 2 aromatic heterocycles. The number of pyridine rings is 2. The lowest BCUT2D eigenvalue weighted by atomic mass is 10.1. The van der Waals surface area contributed by atoms with Crippen molar-refractivity contribution < 1.29 is 18.0 Å². The van der Waals surface area contributed by atoms with E-state index in [1.54, 1.807) is 65.6 Å². The number of sulfone groups is 1. The van der Waals surface area contributed by atoms with Crippen molar-refractivity contribution in [2.45, 2.75) is 5.03 Å². The van der Waals surface area contributed by atoms with Crippen molar-refractivity contribution in [3.05, 3.63) is 89.8 Å². The summed E-state index contributed by atoms with van der Waals surface area (Å²) >= 11 is 0. The first-order chi connectivity index (χ1) is 17.4. The van der Waals surface area contributed by atoms with Gasteiger partial charge in [-0.05, 0) is 48.6 Å². The van der Waals surface area contributed by atoms with Crippen LogP contribution in [0.5, 0.6) is 0 Å². The number of hydrogen-bond donors (Lipinski definition) is 2. The third-order valence-electron chi connectivity index (χ3n) is 5.63. The summed E-state index contributed by atoms with van der Waals surface area (Å²) < 4.78 is 24.7. The lowest BCUT2D eigenvalue weighted by Gasteiger charge is -2.27. The molecule has 3 heterocycles. The highest BCUT2D eigenvalue weighted by Crippen LogP contribution is 2.12. The molecular formula is C26H27N5O4S. The van der Waals surface area contributed by atoms with Crippen LogP contribution in [0.4, 0.5) is 5.82 Å². The van der Waals surface area contributed by atoms with E-state index in [4.69, 9.17) is 0 Å². The van der Waals surface area contributed by atoms with Gasteiger partial charge < -0.3 is 15.5 Å². The number of carbonyl (C=O) groups is 2. The standard InChI is InChI=1S/C26H27N5O4S/c32-23(20-7-9-21(10-8-20)26(33)31-17-14-27-15-18-31)12-11-22-4-3-5-24(30-22)28-16-19-36(34,35)25-6-1-2-13-29-25/h1-13,27H,14-19H2,(H,28,30). The smallest absolute Gasteiger partial charge is 0.253 e. The van der Waals surface area contributed by atoms with Gasteiger partial charge in [0, 0.05) is 50.0 Å². The summed E-state index contributed by atoms with van der Waals surface area (Å²) in [5.74, 6) is 0.124. The lowest BCUT2D eigenvalue weighted by Crippen LogP contribution is -2.46. The Morgan fingerprint density at radius 2 is 1.72 bits per heavy atom. The van der Waals surface area contributed by atoms with Crippen LogP contribution in [0.15, 0.2) is 78.0 Å². The van der Waals surface area contributed by atoms with Gasteiger partial charge in [0.25, 0.3) is 5.91 Å². The number of benzene rings is 1. The van der Waals surface area contributed by atoms with Gasteiger partial charge in [0.2, 0.25) is 0 Å². The molecule has 1 fully saturated rings. The number of allylic oxidation sites excluding steroid dienone is 1. The molecule has 0 bridgehead atoms. The maximum Gasteiger partial charge on any atom is 0.253 e. The van der Waals surface area contributed by atoms with Gasteiger partial charge in [-0.3, -0.25) is 9.59 Å². The predicted octanol–water partition coefficient (Wildman–Crippen LogP) is 2.30. The molecule has 1 aliphatic rings. The summed E-state index contributed by atoms with van der Waals surface area (Å²) in [5, 5.41) is 6.25. The Balaban J connectivity index is 1.32. The van der Waals surface area contributed by atoms with Gasteiger partial charge in [-0.1, -0.05) is 24.3 Å². The lowest BCUT2D eigenvalue weighted by molar-refractivity contribution is 0.0735. The first kappa shape index (κ1) is 25.2.